The van der Waals surface area contributed by atoms with Crippen LogP contribution in [0, 0.1) is 0 Å². The van der Waals surface area contributed by atoms with Gasteiger partial charge < -0.3 is 9.77 Å². The summed E-state index contributed by atoms with van der Waals surface area (Å²) in [6.45, 7) is 0. The van der Waals surface area contributed by atoms with Crippen LogP contribution < -0.4 is 0 Å². The number of aromatic nitrogens is 1. The highest BCUT2D eigenvalue weighted by atomic mass is 16.4. The Morgan fingerprint density at radius 2 is 2.06 bits per heavy atom. The Morgan fingerprint density at radius 3 is 2.88 bits per heavy atom. The van der Waals surface area contributed by atoms with Crippen molar-refractivity contribution >= 4 is 16.6 Å². The maximum Gasteiger partial charge on any atom is 0.0892 e. The number of aryl methyl sites for hydroxylation is 1. The summed E-state index contributed by atoms with van der Waals surface area (Å²) in [5.41, 5.74) is 4.49. The monoisotopic (exact) mass is 214 g/mol. The summed E-state index contributed by atoms with van der Waals surface area (Å²) in [6.07, 6.45) is 3.01. The molecule has 0 unspecified atom stereocenters. The van der Waals surface area contributed by atoms with Crippen LogP contribution in [-0.4, -0.2) is 15.5 Å². The first-order valence-corrected chi connectivity index (χ1v) is 5.60. The third kappa shape index (κ3) is 1.11. The SMILES string of the molecule is Cn1c2c(c3ccccc31)/C(=N/O)CCC2. The summed E-state index contributed by atoms with van der Waals surface area (Å²) in [5, 5.41) is 13.7. The number of hydrogen-bond donors (Lipinski definition) is 1. The Balaban J connectivity index is 2.43. The van der Waals surface area contributed by atoms with E-state index in [9.17, 15) is 0 Å². The molecule has 0 saturated carbocycles. The predicted octanol–water partition coefficient (Wildman–Crippen LogP) is 2.69. The first-order valence-electron chi connectivity index (χ1n) is 5.60. The van der Waals surface area contributed by atoms with Gasteiger partial charge in [-0.05, 0) is 25.3 Å². The van der Waals surface area contributed by atoms with Gasteiger partial charge >= 0.3 is 0 Å². The summed E-state index contributed by atoms with van der Waals surface area (Å²) in [4.78, 5) is 0. The van der Waals surface area contributed by atoms with Crippen molar-refractivity contribution in [2.24, 2.45) is 12.2 Å². The molecule has 3 rings (SSSR count). The van der Waals surface area contributed by atoms with E-state index in [0.29, 0.717) is 0 Å². The largest absolute Gasteiger partial charge is 0.411 e. The van der Waals surface area contributed by atoms with Gasteiger partial charge in [0.25, 0.3) is 0 Å². The summed E-state index contributed by atoms with van der Waals surface area (Å²) in [7, 11) is 2.08. The molecule has 1 aliphatic rings. The number of oxime groups is 1. The van der Waals surface area contributed by atoms with E-state index >= 15 is 0 Å². The maximum atomic E-state index is 9.09. The van der Waals surface area contributed by atoms with E-state index in [0.717, 1.165) is 30.5 Å². The molecule has 0 bridgehead atoms. The number of rotatable bonds is 0. The van der Waals surface area contributed by atoms with Crippen LogP contribution in [0.1, 0.15) is 24.1 Å². The van der Waals surface area contributed by atoms with Crippen LogP contribution in [0.3, 0.4) is 0 Å². The fraction of sp³-hybridized carbons (Fsp3) is 0.308. The molecule has 3 nitrogen and oxygen atoms in total. The van der Waals surface area contributed by atoms with Gasteiger partial charge in [-0.15, -0.1) is 0 Å². The Kier molecular flexibility index (Phi) is 1.99. The van der Waals surface area contributed by atoms with Gasteiger partial charge in [-0.3, -0.25) is 0 Å². The Morgan fingerprint density at radius 1 is 1.25 bits per heavy atom. The van der Waals surface area contributed by atoms with Crippen LogP contribution >= 0.6 is 0 Å². The summed E-state index contributed by atoms with van der Waals surface area (Å²) in [6, 6.07) is 8.29. The van der Waals surface area contributed by atoms with Crippen LogP contribution in [0.5, 0.6) is 0 Å². The number of nitrogens with zero attached hydrogens (tertiary/aromatic N) is 2. The quantitative estimate of drug-likeness (QED) is 0.531. The van der Waals surface area contributed by atoms with Crippen LogP contribution in [0.2, 0.25) is 0 Å². The highest BCUT2D eigenvalue weighted by molar-refractivity contribution is 6.12. The van der Waals surface area contributed by atoms with Crippen molar-refractivity contribution in [2.45, 2.75) is 19.3 Å². The average molecular weight is 214 g/mol. The molecule has 1 aromatic heterocycles. The molecule has 0 saturated heterocycles. The van der Waals surface area contributed by atoms with Crippen LogP contribution in [0.15, 0.2) is 29.4 Å². The van der Waals surface area contributed by atoms with Crippen molar-refractivity contribution in [2.75, 3.05) is 0 Å². The average Bonchev–Trinajstić information content (AvgIpc) is 2.64. The van der Waals surface area contributed by atoms with Crippen molar-refractivity contribution in [3.8, 4) is 0 Å². The zero-order chi connectivity index (χ0) is 11.1. The van der Waals surface area contributed by atoms with E-state index in [1.165, 1.54) is 16.6 Å². The Labute approximate surface area is 94.0 Å². The molecule has 0 amide bonds. The molecule has 1 aromatic carbocycles. The zero-order valence-electron chi connectivity index (χ0n) is 9.27. The molecule has 0 radical (unpaired) electrons. The normalized spacial score (nSPS) is 17.9. The molecule has 0 spiro atoms. The molecular weight excluding hydrogens is 200 g/mol. The molecule has 82 valence electrons. The number of hydrogen-bond acceptors (Lipinski definition) is 2. The molecule has 1 heterocycles. The fourth-order valence-electron chi connectivity index (χ4n) is 2.71. The van der Waals surface area contributed by atoms with Crippen LogP contribution in [0.25, 0.3) is 10.9 Å². The van der Waals surface area contributed by atoms with E-state index in [1.54, 1.807) is 0 Å². The summed E-state index contributed by atoms with van der Waals surface area (Å²) >= 11 is 0. The number of para-hydroxylation sites is 1. The molecule has 3 heteroatoms. The number of benzene rings is 1. The van der Waals surface area contributed by atoms with Gasteiger partial charge in [0.2, 0.25) is 0 Å². The molecule has 0 aliphatic heterocycles. The minimum atomic E-state index is 0.832. The van der Waals surface area contributed by atoms with Gasteiger partial charge in [0.05, 0.1) is 5.71 Å². The molecule has 0 atom stereocenters. The van der Waals surface area contributed by atoms with Gasteiger partial charge in [-0.1, -0.05) is 23.4 Å². The van der Waals surface area contributed by atoms with Gasteiger partial charge in [0.1, 0.15) is 0 Å². The van der Waals surface area contributed by atoms with Crippen molar-refractivity contribution < 1.29 is 5.21 Å². The zero-order valence-corrected chi connectivity index (χ0v) is 9.27. The molecular formula is C13H14N2O. The Hall–Kier alpha value is -1.77. The van der Waals surface area contributed by atoms with Crippen molar-refractivity contribution in [1.29, 1.82) is 0 Å². The second kappa shape index (κ2) is 3.37. The van der Waals surface area contributed by atoms with Gasteiger partial charge in [0, 0.05) is 29.2 Å². The van der Waals surface area contributed by atoms with Crippen molar-refractivity contribution in [3.63, 3.8) is 0 Å². The van der Waals surface area contributed by atoms with Crippen LogP contribution in [-0.2, 0) is 13.5 Å². The smallest absolute Gasteiger partial charge is 0.0892 e. The standard InChI is InChI=1S/C13H14N2O/c1-15-11-7-3-2-5-9(11)13-10(14-16)6-4-8-12(13)15/h2-3,5,7,16H,4,6,8H2,1H3/b14-10+. The van der Waals surface area contributed by atoms with Gasteiger partial charge in [-0.2, -0.15) is 0 Å². The molecule has 16 heavy (non-hydrogen) atoms. The first-order chi connectivity index (χ1) is 7.83. The molecule has 1 N–H and O–H groups in total. The molecule has 0 fully saturated rings. The highest BCUT2D eigenvalue weighted by Crippen LogP contribution is 2.31. The highest BCUT2D eigenvalue weighted by Gasteiger charge is 2.22. The third-order valence-corrected chi connectivity index (χ3v) is 3.46. The van der Waals surface area contributed by atoms with E-state index in [2.05, 4.69) is 28.9 Å². The van der Waals surface area contributed by atoms with E-state index < -0.39 is 0 Å². The number of fused-ring (bicyclic) bond motifs is 3. The third-order valence-electron chi connectivity index (χ3n) is 3.46. The summed E-state index contributed by atoms with van der Waals surface area (Å²) in [5.74, 6) is 0. The second-order valence-electron chi connectivity index (χ2n) is 4.30. The second-order valence-corrected chi connectivity index (χ2v) is 4.30. The lowest BCUT2D eigenvalue weighted by Gasteiger charge is -2.14. The molecule has 1 aliphatic carbocycles. The lowest BCUT2D eigenvalue weighted by atomic mass is 9.93. The summed E-state index contributed by atoms with van der Waals surface area (Å²) < 4.78 is 2.22. The first kappa shape index (κ1) is 9.46. The minimum absolute atomic E-state index is 0.832. The lowest BCUT2D eigenvalue weighted by Crippen LogP contribution is -2.12. The maximum absolute atomic E-state index is 9.09. The van der Waals surface area contributed by atoms with E-state index in [1.807, 2.05) is 12.1 Å². The lowest BCUT2D eigenvalue weighted by molar-refractivity contribution is 0.317. The predicted molar refractivity (Wildman–Crippen MR) is 64.2 cm³/mol. The minimum Gasteiger partial charge on any atom is -0.411 e. The Bertz CT molecular complexity index is 581. The van der Waals surface area contributed by atoms with Crippen molar-refractivity contribution in [3.05, 3.63) is 35.5 Å². The topological polar surface area (TPSA) is 37.5 Å². The van der Waals surface area contributed by atoms with Crippen molar-refractivity contribution in [1.82, 2.24) is 4.57 Å². The van der Waals surface area contributed by atoms with E-state index in [-0.39, 0.29) is 0 Å². The van der Waals surface area contributed by atoms with Gasteiger partial charge in [0.15, 0.2) is 0 Å². The van der Waals surface area contributed by atoms with Gasteiger partial charge in [-0.25, -0.2) is 0 Å². The van der Waals surface area contributed by atoms with Crippen LogP contribution in [0.4, 0.5) is 0 Å². The van der Waals surface area contributed by atoms with E-state index in [4.69, 9.17) is 5.21 Å². The fourth-order valence-corrected chi connectivity index (χ4v) is 2.71. The molecule has 2 aromatic rings.